The van der Waals surface area contributed by atoms with E-state index >= 15 is 0 Å². The molecule has 2 rings (SSSR count). The molecule has 1 unspecified atom stereocenters. The standard InChI is InChI=1S/C9H7NO5/c11-6-1-2-7(12)15-9-8(13)5(14-6)3-4-10-9/h3-5H,1-2H2. The SMILES string of the molecule is O=C1CCC(=O)OC2C=CN=C(O1)C2=O. The number of ketones is 1. The van der Waals surface area contributed by atoms with Crippen LogP contribution in [-0.2, 0) is 23.9 Å². The van der Waals surface area contributed by atoms with Gasteiger partial charge in [0.1, 0.15) is 0 Å². The van der Waals surface area contributed by atoms with Crippen molar-refractivity contribution in [3.63, 3.8) is 0 Å². The fourth-order valence-corrected chi connectivity index (χ4v) is 1.19. The first-order valence-electron chi connectivity index (χ1n) is 4.35. The average Bonchev–Trinajstić information content (AvgIpc) is 2.24. The highest BCUT2D eigenvalue weighted by atomic mass is 16.6. The molecular weight excluding hydrogens is 202 g/mol. The molecule has 78 valence electrons. The third-order valence-corrected chi connectivity index (χ3v) is 1.92. The van der Waals surface area contributed by atoms with E-state index in [0.29, 0.717) is 0 Å². The maximum atomic E-state index is 11.5. The lowest BCUT2D eigenvalue weighted by Gasteiger charge is -2.13. The highest BCUT2D eigenvalue weighted by Crippen LogP contribution is 2.11. The van der Waals surface area contributed by atoms with Crippen LogP contribution in [0.15, 0.2) is 17.3 Å². The number of carbonyl (C=O) groups is 3. The van der Waals surface area contributed by atoms with Gasteiger partial charge in [0.25, 0.3) is 11.7 Å². The highest BCUT2D eigenvalue weighted by molar-refractivity contribution is 6.40. The number of hydrogen-bond donors (Lipinski definition) is 0. The number of fused-ring (bicyclic) bond motifs is 2. The van der Waals surface area contributed by atoms with Crippen molar-refractivity contribution in [1.82, 2.24) is 0 Å². The number of hydrogen-bond acceptors (Lipinski definition) is 6. The van der Waals surface area contributed by atoms with Crippen LogP contribution in [0.25, 0.3) is 0 Å². The van der Waals surface area contributed by atoms with Crippen LogP contribution < -0.4 is 0 Å². The Kier molecular flexibility index (Phi) is 2.32. The maximum Gasteiger partial charge on any atom is 0.313 e. The first-order chi connectivity index (χ1) is 7.16. The number of nitrogens with zero attached hydrogens (tertiary/aromatic N) is 1. The van der Waals surface area contributed by atoms with E-state index in [1.54, 1.807) is 0 Å². The Morgan fingerprint density at radius 3 is 2.73 bits per heavy atom. The minimum Gasteiger partial charge on any atom is -0.449 e. The molecule has 1 saturated heterocycles. The Bertz CT molecular complexity index is 395. The summed E-state index contributed by atoms with van der Waals surface area (Å²) < 4.78 is 9.50. The minimum atomic E-state index is -1.02. The smallest absolute Gasteiger partial charge is 0.313 e. The zero-order valence-corrected chi connectivity index (χ0v) is 7.63. The molecule has 1 atom stereocenters. The summed E-state index contributed by atoms with van der Waals surface area (Å²) in [5, 5.41) is 0. The van der Waals surface area contributed by atoms with Gasteiger partial charge in [-0.05, 0) is 6.08 Å². The molecule has 0 saturated carbocycles. The predicted molar refractivity (Wildman–Crippen MR) is 46.8 cm³/mol. The van der Waals surface area contributed by atoms with Crippen LogP contribution in [0.4, 0.5) is 0 Å². The fourth-order valence-electron chi connectivity index (χ4n) is 1.19. The zero-order valence-electron chi connectivity index (χ0n) is 7.63. The van der Waals surface area contributed by atoms with E-state index in [-0.39, 0.29) is 18.7 Å². The van der Waals surface area contributed by atoms with Gasteiger partial charge in [-0.25, -0.2) is 4.99 Å². The number of aliphatic imine (C=N–C) groups is 1. The van der Waals surface area contributed by atoms with Crippen LogP contribution in [0, 0.1) is 0 Å². The van der Waals surface area contributed by atoms with E-state index < -0.39 is 23.8 Å². The third kappa shape index (κ3) is 1.93. The Hall–Kier alpha value is -1.98. The van der Waals surface area contributed by atoms with Gasteiger partial charge in [0.05, 0.1) is 12.8 Å². The molecule has 0 N–H and O–H groups in total. The van der Waals surface area contributed by atoms with E-state index in [2.05, 4.69) is 9.73 Å². The van der Waals surface area contributed by atoms with Crippen LogP contribution >= 0.6 is 0 Å². The molecule has 6 nitrogen and oxygen atoms in total. The first kappa shape index (κ1) is 9.57. The van der Waals surface area contributed by atoms with Crippen LogP contribution in [0.2, 0.25) is 0 Å². The van der Waals surface area contributed by atoms with Gasteiger partial charge in [-0.1, -0.05) is 0 Å². The lowest BCUT2D eigenvalue weighted by atomic mass is 10.2. The van der Waals surface area contributed by atoms with Gasteiger partial charge in [-0.15, -0.1) is 0 Å². The molecule has 1 fully saturated rings. The van der Waals surface area contributed by atoms with Gasteiger partial charge in [-0.2, -0.15) is 0 Å². The lowest BCUT2D eigenvalue weighted by Crippen LogP contribution is -2.34. The summed E-state index contributed by atoms with van der Waals surface area (Å²) in [7, 11) is 0. The summed E-state index contributed by atoms with van der Waals surface area (Å²) in [6, 6.07) is 0. The molecule has 2 aliphatic heterocycles. The van der Waals surface area contributed by atoms with E-state index in [4.69, 9.17) is 4.74 Å². The van der Waals surface area contributed by atoms with Gasteiger partial charge in [-0.3, -0.25) is 14.4 Å². The molecule has 0 amide bonds. The second kappa shape index (κ2) is 3.64. The van der Waals surface area contributed by atoms with Crippen molar-refractivity contribution in [2.24, 2.45) is 4.99 Å². The monoisotopic (exact) mass is 209 g/mol. The highest BCUT2D eigenvalue weighted by Gasteiger charge is 2.32. The molecule has 0 radical (unpaired) electrons. The zero-order chi connectivity index (χ0) is 10.8. The normalized spacial score (nSPS) is 25.7. The summed E-state index contributed by atoms with van der Waals surface area (Å²) >= 11 is 0. The molecule has 15 heavy (non-hydrogen) atoms. The molecule has 2 aliphatic rings. The van der Waals surface area contributed by atoms with Crippen molar-refractivity contribution in [3.8, 4) is 0 Å². The first-order valence-corrected chi connectivity index (χ1v) is 4.35. The van der Waals surface area contributed by atoms with Crippen LogP contribution in [0.1, 0.15) is 12.8 Å². The topological polar surface area (TPSA) is 82.0 Å². The molecule has 0 aromatic heterocycles. The van der Waals surface area contributed by atoms with E-state index in [1.165, 1.54) is 12.3 Å². The molecule has 0 aromatic carbocycles. The Balaban J connectivity index is 2.30. The largest absolute Gasteiger partial charge is 0.449 e. The van der Waals surface area contributed by atoms with Gasteiger partial charge in [0.15, 0.2) is 6.10 Å². The molecule has 2 bridgehead atoms. The lowest BCUT2D eigenvalue weighted by molar-refractivity contribution is -0.151. The van der Waals surface area contributed by atoms with Crippen molar-refractivity contribution in [2.45, 2.75) is 18.9 Å². The molecule has 2 heterocycles. The van der Waals surface area contributed by atoms with Gasteiger partial charge in [0.2, 0.25) is 0 Å². The predicted octanol–water partition coefficient (Wildman–Crippen LogP) is -0.270. The molecule has 0 aliphatic carbocycles. The number of ether oxygens (including phenoxy) is 2. The summed E-state index contributed by atoms with van der Waals surface area (Å²) in [5.41, 5.74) is 0. The van der Waals surface area contributed by atoms with Crippen molar-refractivity contribution in [3.05, 3.63) is 12.3 Å². The van der Waals surface area contributed by atoms with E-state index in [0.717, 1.165) is 0 Å². The second-order valence-corrected chi connectivity index (χ2v) is 3.02. The fraction of sp³-hybridized carbons (Fsp3) is 0.333. The molecule has 6 heteroatoms. The van der Waals surface area contributed by atoms with Gasteiger partial charge >= 0.3 is 11.9 Å². The number of Topliss-reactive ketones (excluding diaryl/α,β-unsaturated/α-hetero) is 1. The van der Waals surface area contributed by atoms with Gasteiger partial charge < -0.3 is 9.47 Å². The van der Waals surface area contributed by atoms with E-state index in [1.807, 2.05) is 0 Å². The minimum absolute atomic E-state index is 0.0935. The number of rotatable bonds is 0. The van der Waals surface area contributed by atoms with E-state index in [9.17, 15) is 14.4 Å². The van der Waals surface area contributed by atoms with Crippen LogP contribution in [0.5, 0.6) is 0 Å². The van der Waals surface area contributed by atoms with Crippen molar-refractivity contribution in [1.29, 1.82) is 0 Å². The second-order valence-electron chi connectivity index (χ2n) is 3.02. The third-order valence-electron chi connectivity index (χ3n) is 1.92. The summed E-state index contributed by atoms with van der Waals surface area (Å²) in [6.45, 7) is 0. The molecule has 0 spiro atoms. The number of esters is 2. The molecular formula is C9H7NO5. The van der Waals surface area contributed by atoms with Crippen molar-refractivity contribution in [2.75, 3.05) is 0 Å². The van der Waals surface area contributed by atoms with Crippen molar-refractivity contribution < 1.29 is 23.9 Å². The Morgan fingerprint density at radius 1 is 1.20 bits per heavy atom. The van der Waals surface area contributed by atoms with Gasteiger partial charge in [0, 0.05) is 6.20 Å². The van der Waals surface area contributed by atoms with Crippen molar-refractivity contribution >= 4 is 23.6 Å². The summed E-state index contributed by atoms with van der Waals surface area (Å²) in [6.07, 6.45) is 1.38. The Morgan fingerprint density at radius 2 is 1.93 bits per heavy atom. The Labute approximate surface area is 84.6 Å². The molecule has 0 aromatic rings. The van der Waals surface area contributed by atoms with Crippen LogP contribution in [-0.4, -0.2) is 29.7 Å². The quantitative estimate of drug-likeness (QED) is 0.513. The summed E-state index contributed by atoms with van der Waals surface area (Å²) in [4.78, 5) is 37.3. The number of carbonyl (C=O) groups excluding carboxylic acids is 3. The average molecular weight is 209 g/mol. The van der Waals surface area contributed by atoms with Crippen LogP contribution in [0.3, 0.4) is 0 Å². The maximum absolute atomic E-state index is 11.5. The summed E-state index contributed by atoms with van der Waals surface area (Å²) in [5.74, 6) is -2.18.